The fourth-order valence-corrected chi connectivity index (χ4v) is 2.47. The molecule has 2 aromatic rings. The van der Waals surface area contributed by atoms with E-state index in [9.17, 15) is 27.6 Å². The molecule has 2 aromatic carbocycles. The van der Waals surface area contributed by atoms with Crippen molar-refractivity contribution in [1.29, 1.82) is 0 Å². The van der Waals surface area contributed by atoms with Gasteiger partial charge in [0.05, 0.1) is 16.3 Å². The number of carbonyl (C=O) groups is 3. The van der Waals surface area contributed by atoms with Crippen LogP contribution in [0.4, 0.5) is 18.9 Å². The first-order valence-electron chi connectivity index (χ1n) is 8.27. The van der Waals surface area contributed by atoms with Gasteiger partial charge in [-0.25, -0.2) is 4.79 Å². The van der Waals surface area contributed by atoms with E-state index in [1.165, 1.54) is 13.0 Å². The molecule has 0 fully saturated rings. The molecule has 0 aliphatic rings. The monoisotopic (exact) mass is 428 g/mol. The van der Waals surface area contributed by atoms with Crippen LogP contribution in [0, 0.1) is 0 Å². The van der Waals surface area contributed by atoms with Gasteiger partial charge in [0, 0.05) is 5.56 Å². The average Bonchev–Trinajstić information content (AvgIpc) is 2.67. The van der Waals surface area contributed by atoms with Crippen LogP contribution in [-0.2, 0) is 20.5 Å². The molecule has 2 N–H and O–H groups in total. The van der Waals surface area contributed by atoms with E-state index in [1.807, 2.05) is 5.32 Å². The number of hydrogen-bond acceptors (Lipinski definition) is 4. The molecule has 6 nitrogen and oxygen atoms in total. The van der Waals surface area contributed by atoms with Crippen LogP contribution in [0.3, 0.4) is 0 Å². The Balaban J connectivity index is 1.92. The third kappa shape index (κ3) is 6.21. The van der Waals surface area contributed by atoms with Gasteiger partial charge in [-0.3, -0.25) is 9.59 Å². The Morgan fingerprint density at radius 1 is 1.07 bits per heavy atom. The standard InChI is InChI=1S/C19H16ClF3N2O4/c1-11(24-17(27)12-6-3-2-4-7-12)18(28)29-10-15(26)25-16-13(19(21,22)23)8-5-9-14(16)20/h2-9,11H,10H2,1H3,(H,24,27)(H,25,26)/t11-/m0/s1. The second-order valence-corrected chi connectivity index (χ2v) is 6.28. The Labute approximate surface area is 169 Å². The van der Waals surface area contributed by atoms with E-state index in [4.69, 9.17) is 16.3 Å². The molecule has 0 bridgehead atoms. The zero-order valence-electron chi connectivity index (χ0n) is 15.0. The number of rotatable bonds is 6. The molecule has 0 radical (unpaired) electrons. The number of alkyl halides is 3. The summed E-state index contributed by atoms with van der Waals surface area (Å²) in [6.07, 6.45) is -4.74. The highest BCUT2D eigenvalue weighted by atomic mass is 35.5. The van der Waals surface area contributed by atoms with E-state index >= 15 is 0 Å². The zero-order chi connectivity index (χ0) is 21.6. The predicted octanol–water partition coefficient (Wildman–Crippen LogP) is 3.66. The van der Waals surface area contributed by atoms with Gasteiger partial charge >= 0.3 is 12.1 Å². The molecule has 2 rings (SSSR count). The summed E-state index contributed by atoms with van der Waals surface area (Å²) in [4.78, 5) is 35.8. The highest BCUT2D eigenvalue weighted by Gasteiger charge is 2.35. The lowest BCUT2D eigenvalue weighted by molar-refractivity contribution is -0.148. The van der Waals surface area contributed by atoms with Crippen molar-refractivity contribution >= 4 is 35.1 Å². The molecule has 0 aliphatic carbocycles. The van der Waals surface area contributed by atoms with Crippen LogP contribution < -0.4 is 10.6 Å². The second-order valence-electron chi connectivity index (χ2n) is 5.88. The quantitative estimate of drug-likeness (QED) is 0.688. The van der Waals surface area contributed by atoms with E-state index in [1.54, 1.807) is 30.3 Å². The highest BCUT2D eigenvalue weighted by Crippen LogP contribution is 2.38. The van der Waals surface area contributed by atoms with E-state index in [0.717, 1.165) is 12.1 Å². The number of hydrogen-bond donors (Lipinski definition) is 2. The van der Waals surface area contributed by atoms with Gasteiger partial charge < -0.3 is 15.4 Å². The van der Waals surface area contributed by atoms with Crippen LogP contribution in [0.25, 0.3) is 0 Å². The molecule has 0 saturated heterocycles. The van der Waals surface area contributed by atoms with Crippen molar-refractivity contribution in [3.05, 3.63) is 64.7 Å². The van der Waals surface area contributed by atoms with Crippen molar-refractivity contribution in [3.63, 3.8) is 0 Å². The smallest absolute Gasteiger partial charge is 0.418 e. The molecule has 0 spiro atoms. The van der Waals surface area contributed by atoms with Crippen molar-refractivity contribution < 1.29 is 32.3 Å². The minimum absolute atomic E-state index is 0.317. The number of nitrogens with one attached hydrogen (secondary N) is 2. The van der Waals surface area contributed by atoms with Crippen LogP contribution in [0.5, 0.6) is 0 Å². The number of benzene rings is 2. The van der Waals surface area contributed by atoms with Gasteiger partial charge in [0.25, 0.3) is 11.8 Å². The summed E-state index contributed by atoms with van der Waals surface area (Å²) in [5, 5.41) is 4.07. The van der Waals surface area contributed by atoms with Gasteiger partial charge in [-0.05, 0) is 31.2 Å². The van der Waals surface area contributed by atoms with Gasteiger partial charge in [-0.15, -0.1) is 0 Å². The first-order chi connectivity index (χ1) is 13.6. The van der Waals surface area contributed by atoms with Crippen LogP contribution in [-0.4, -0.2) is 30.4 Å². The van der Waals surface area contributed by atoms with Gasteiger partial charge in [-0.2, -0.15) is 13.2 Å². The summed E-state index contributed by atoms with van der Waals surface area (Å²) >= 11 is 5.74. The summed E-state index contributed by atoms with van der Waals surface area (Å²) < 4.78 is 43.8. The molecule has 0 heterocycles. The minimum atomic E-state index is -4.74. The van der Waals surface area contributed by atoms with Crippen molar-refractivity contribution in [2.24, 2.45) is 0 Å². The first-order valence-corrected chi connectivity index (χ1v) is 8.65. The molecule has 10 heteroatoms. The summed E-state index contributed by atoms with van der Waals surface area (Å²) in [5.41, 5.74) is -1.44. The van der Waals surface area contributed by atoms with Gasteiger partial charge in [0.15, 0.2) is 6.61 Å². The Hall–Kier alpha value is -3.07. The third-order valence-corrected chi connectivity index (χ3v) is 3.98. The highest BCUT2D eigenvalue weighted by molar-refractivity contribution is 6.34. The summed E-state index contributed by atoms with van der Waals surface area (Å²) in [6, 6.07) is 10.0. The maximum atomic E-state index is 13.0. The summed E-state index contributed by atoms with van der Waals surface area (Å²) in [5.74, 6) is -2.47. The van der Waals surface area contributed by atoms with Crippen LogP contribution in [0.2, 0.25) is 5.02 Å². The van der Waals surface area contributed by atoms with Crippen LogP contribution in [0.15, 0.2) is 48.5 Å². The lowest BCUT2D eigenvalue weighted by Crippen LogP contribution is -2.40. The normalized spacial score (nSPS) is 12.0. The molecule has 0 unspecified atom stereocenters. The summed E-state index contributed by atoms with van der Waals surface area (Å²) in [6.45, 7) is 0.490. The van der Waals surface area contributed by atoms with Crippen LogP contribution >= 0.6 is 11.6 Å². The number of para-hydroxylation sites is 1. The fourth-order valence-electron chi connectivity index (χ4n) is 2.25. The Morgan fingerprint density at radius 3 is 2.34 bits per heavy atom. The SMILES string of the molecule is C[C@H](NC(=O)c1ccccc1)C(=O)OCC(=O)Nc1c(Cl)cccc1C(F)(F)F. The van der Waals surface area contributed by atoms with Gasteiger partial charge in [0.1, 0.15) is 6.04 Å². The largest absolute Gasteiger partial charge is 0.454 e. The molecule has 0 saturated carbocycles. The van der Waals surface area contributed by atoms with Crippen molar-refractivity contribution in [2.45, 2.75) is 19.1 Å². The zero-order valence-corrected chi connectivity index (χ0v) is 15.8. The van der Waals surface area contributed by atoms with Crippen molar-refractivity contribution in [1.82, 2.24) is 5.32 Å². The van der Waals surface area contributed by atoms with Crippen molar-refractivity contribution in [2.75, 3.05) is 11.9 Å². The Bertz CT molecular complexity index is 904. The number of amides is 2. The summed E-state index contributed by atoms with van der Waals surface area (Å²) in [7, 11) is 0. The molecule has 0 aromatic heterocycles. The van der Waals surface area contributed by atoms with E-state index in [-0.39, 0.29) is 5.02 Å². The molecular weight excluding hydrogens is 413 g/mol. The van der Waals surface area contributed by atoms with E-state index < -0.39 is 47.9 Å². The lowest BCUT2D eigenvalue weighted by atomic mass is 10.1. The first kappa shape index (κ1) is 22.2. The second kappa shape index (κ2) is 9.42. The Morgan fingerprint density at radius 2 is 1.72 bits per heavy atom. The number of carbonyl (C=O) groups excluding carboxylic acids is 3. The van der Waals surface area contributed by atoms with Crippen molar-refractivity contribution in [3.8, 4) is 0 Å². The minimum Gasteiger partial charge on any atom is -0.454 e. The third-order valence-electron chi connectivity index (χ3n) is 3.67. The fraction of sp³-hybridized carbons (Fsp3) is 0.211. The topological polar surface area (TPSA) is 84.5 Å². The number of anilines is 1. The number of ether oxygens (including phenoxy) is 1. The molecule has 29 heavy (non-hydrogen) atoms. The van der Waals surface area contributed by atoms with Crippen LogP contribution in [0.1, 0.15) is 22.8 Å². The van der Waals surface area contributed by atoms with E-state index in [2.05, 4.69) is 5.32 Å². The molecule has 154 valence electrons. The number of esters is 1. The number of halogens is 4. The average molecular weight is 429 g/mol. The maximum Gasteiger partial charge on any atom is 0.418 e. The molecule has 1 atom stereocenters. The lowest BCUT2D eigenvalue weighted by Gasteiger charge is -2.16. The van der Waals surface area contributed by atoms with Gasteiger partial charge in [-0.1, -0.05) is 35.9 Å². The molecule has 0 aliphatic heterocycles. The van der Waals surface area contributed by atoms with Gasteiger partial charge in [0.2, 0.25) is 0 Å². The Kier molecular flexibility index (Phi) is 7.22. The molecule has 2 amide bonds. The molecular formula is C19H16ClF3N2O4. The van der Waals surface area contributed by atoms with E-state index in [0.29, 0.717) is 5.56 Å². The predicted molar refractivity (Wildman–Crippen MR) is 99.4 cm³/mol. The maximum absolute atomic E-state index is 13.0.